The van der Waals surface area contributed by atoms with Crippen molar-refractivity contribution >= 4 is 17.9 Å². The number of hydrogen-bond acceptors (Lipinski definition) is 6. The second kappa shape index (κ2) is 22.6. The van der Waals surface area contributed by atoms with Gasteiger partial charge in [-0.05, 0) is 37.0 Å². The van der Waals surface area contributed by atoms with E-state index < -0.39 is 23.8 Å². The third-order valence-electron chi connectivity index (χ3n) is 7.21. The van der Waals surface area contributed by atoms with Crippen molar-refractivity contribution in [1.82, 2.24) is 0 Å². The van der Waals surface area contributed by atoms with E-state index in [1.54, 1.807) is 0 Å². The Bertz CT molecular complexity index is 542. The average molecular weight is 513 g/mol. The minimum Gasteiger partial charge on any atom is -0.465 e. The zero-order valence-corrected chi connectivity index (χ0v) is 24.3. The van der Waals surface area contributed by atoms with Crippen LogP contribution in [0.2, 0.25) is 0 Å². The zero-order valence-electron chi connectivity index (χ0n) is 24.3. The van der Waals surface area contributed by atoms with E-state index >= 15 is 0 Å². The third-order valence-corrected chi connectivity index (χ3v) is 7.21. The molecule has 0 saturated heterocycles. The molecule has 0 bridgehead atoms. The first-order chi connectivity index (χ1) is 17.3. The topological polar surface area (TPSA) is 78.9 Å². The molecular weight excluding hydrogens is 456 g/mol. The summed E-state index contributed by atoms with van der Waals surface area (Å²) in [7, 11) is 0. The van der Waals surface area contributed by atoms with Crippen molar-refractivity contribution in [2.75, 3.05) is 19.8 Å². The highest BCUT2D eigenvalue weighted by molar-refractivity contribution is 5.84. The van der Waals surface area contributed by atoms with Crippen molar-refractivity contribution < 1.29 is 28.6 Å². The second-order valence-corrected chi connectivity index (χ2v) is 10.4. The smallest absolute Gasteiger partial charge is 0.310 e. The monoisotopic (exact) mass is 512 g/mol. The molecule has 36 heavy (non-hydrogen) atoms. The summed E-state index contributed by atoms with van der Waals surface area (Å²) in [5.41, 5.74) is 0. The Morgan fingerprint density at radius 3 is 1.17 bits per heavy atom. The molecule has 0 aliphatic carbocycles. The molecule has 0 fully saturated rings. The summed E-state index contributed by atoms with van der Waals surface area (Å²) in [6.45, 7) is 13.7. The average Bonchev–Trinajstić information content (AvgIpc) is 2.88. The van der Waals surface area contributed by atoms with Gasteiger partial charge in [0, 0.05) is 0 Å². The number of rotatable bonds is 23. The maximum atomic E-state index is 12.9. The number of ether oxygens (including phenoxy) is 3. The zero-order chi connectivity index (χ0) is 27.2. The van der Waals surface area contributed by atoms with E-state index in [-0.39, 0.29) is 12.8 Å². The SMILES string of the molecule is CCCC[C@@H](CC)COC(=O)CC(CC(=O)OC[C@@H](CC)CCCC)C(=O)OC[C@@H](CC)CCCC. The molecule has 0 aliphatic heterocycles. The maximum absolute atomic E-state index is 12.9. The van der Waals surface area contributed by atoms with Crippen molar-refractivity contribution in [2.24, 2.45) is 23.7 Å². The number of hydrogen-bond donors (Lipinski definition) is 0. The molecule has 4 atom stereocenters. The van der Waals surface area contributed by atoms with E-state index in [0.717, 1.165) is 77.0 Å². The van der Waals surface area contributed by atoms with Crippen LogP contribution in [0.15, 0.2) is 0 Å². The summed E-state index contributed by atoms with van der Waals surface area (Å²) < 4.78 is 16.6. The lowest BCUT2D eigenvalue weighted by molar-refractivity contribution is -0.161. The number of carbonyl (C=O) groups excluding carboxylic acids is 3. The van der Waals surface area contributed by atoms with Gasteiger partial charge >= 0.3 is 17.9 Å². The molecule has 0 aromatic carbocycles. The van der Waals surface area contributed by atoms with Gasteiger partial charge in [-0.3, -0.25) is 14.4 Å². The Morgan fingerprint density at radius 1 is 0.528 bits per heavy atom. The first-order valence-electron chi connectivity index (χ1n) is 14.8. The first-order valence-corrected chi connectivity index (χ1v) is 14.8. The fourth-order valence-corrected chi connectivity index (χ4v) is 4.19. The van der Waals surface area contributed by atoms with E-state index in [1.165, 1.54) is 0 Å². The van der Waals surface area contributed by atoms with Crippen molar-refractivity contribution in [3.63, 3.8) is 0 Å². The van der Waals surface area contributed by atoms with Crippen LogP contribution in [0.3, 0.4) is 0 Å². The minimum atomic E-state index is -0.875. The minimum absolute atomic E-state index is 0.156. The van der Waals surface area contributed by atoms with Crippen LogP contribution in [0.25, 0.3) is 0 Å². The van der Waals surface area contributed by atoms with Gasteiger partial charge in [0.15, 0.2) is 0 Å². The van der Waals surface area contributed by atoms with Crippen LogP contribution in [0, 0.1) is 23.7 Å². The van der Waals surface area contributed by atoms with Crippen LogP contribution in [-0.2, 0) is 28.6 Å². The molecule has 0 heterocycles. The van der Waals surface area contributed by atoms with Gasteiger partial charge in [0.05, 0.1) is 38.6 Å². The van der Waals surface area contributed by atoms with Gasteiger partial charge in [-0.15, -0.1) is 0 Å². The normalized spacial score (nSPS) is 14.5. The van der Waals surface area contributed by atoms with Crippen LogP contribution >= 0.6 is 0 Å². The van der Waals surface area contributed by atoms with Gasteiger partial charge in [-0.25, -0.2) is 0 Å². The van der Waals surface area contributed by atoms with E-state index in [1.807, 2.05) is 0 Å². The fraction of sp³-hybridized carbons (Fsp3) is 0.900. The molecule has 6 heteroatoms. The lowest BCUT2D eigenvalue weighted by Crippen LogP contribution is -2.28. The summed E-state index contributed by atoms with van der Waals surface area (Å²) in [5.74, 6) is -1.35. The van der Waals surface area contributed by atoms with Gasteiger partial charge < -0.3 is 14.2 Å². The van der Waals surface area contributed by atoms with Gasteiger partial charge in [0.2, 0.25) is 0 Å². The highest BCUT2D eigenvalue weighted by atomic mass is 16.5. The van der Waals surface area contributed by atoms with Gasteiger partial charge in [0.25, 0.3) is 0 Å². The van der Waals surface area contributed by atoms with Gasteiger partial charge in [0.1, 0.15) is 0 Å². The molecule has 0 aromatic heterocycles. The second-order valence-electron chi connectivity index (χ2n) is 10.4. The molecule has 0 amide bonds. The lowest BCUT2D eigenvalue weighted by Gasteiger charge is -2.20. The van der Waals surface area contributed by atoms with E-state index in [9.17, 15) is 14.4 Å². The highest BCUT2D eigenvalue weighted by Crippen LogP contribution is 2.20. The fourth-order valence-electron chi connectivity index (χ4n) is 4.19. The Labute approximate surface area is 221 Å². The summed E-state index contributed by atoms with van der Waals surface area (Å²) in [6.07, 6.45) is 12.1. The lowest BCUT2D eigenvalue weighted by atomic mass is 9.99. The molecule has 0 aliphatic rings. The van der Waals surface area contributed by atoms with Crippen molar-refractivity contribution in [3.8, 4) is 0 Å². The van der Waals surface area contributed by atoms with Crippen molar-refractivity contribution in [3.05, 3.63) is 0 Å². The van der Waals surface area contributed by atoms with Crippen molar-refractivity contribution in [1.29, 1.82) is 0 Å². The molecule has 0 rings (SSSR count). The Kier molecular flexibility index (Phi) is 21.6. The quantitative estimate of drug-likeness (QED) is 0.103. The number of esters is 3. The van der Waals surface area contributed by atoms with Gasteiger partial charge in [-0.2, -0.15) is 0 Å². The summed E-state index contributed by atoms with van der Waals surface area (Å²) in [4.78, 5) is 38.2. The predicted octanol–water partition coefficient (Wildman–Crippen LogP) is 7.66. The molecule has 212 valence electrons. The third kappa shape index (κ3) is 17.0. The van der Waals surface area contributed by atoms with Crippen molar-refractivity contribution in [2.45, 2.75) is 131 Å². The molecule has 0 radical (unpaired) electrons. The standard InChI is InChI=1S/C30H56O6/c1-7-13-16-24(10-4)21-34-28(31)19-27(30(33)36-23-26(12-6)18-15-9-3)20-29(32)35-22-25(11-5)17-14-8-2/h24-27H,7-23H2,1-6H3/t24-,25+,26-,27?/m0/s1. The number of carbonyl (C=O) groups is 3. The maximum Gasteiger partial charge on any atom is 0.310 e. The Balaban J connectivity index is 5.05. The van der Waals surface area contributed by atoms with E-state index in [0.29, 0.717) is 37.6 Å². The van der Waals surface area contributed by atoms with Gasteiger partial charge in [-0.1, -0.05) is 99.3 Å². The van der Waals surface area contributed by atoms with E-state index in [4.69, 9.17) is 14.2 Å². The predicted molar refractivity (Wildman–Crippen MR) is 146 cm³/mol. The largest absolute Gasteiger partial charge is 0.465 e. The molecule has 0 N–H and O–H groups in total. The summed E-state index contributed by atoms with van der Waals surface area (Å²) in [6, 6.07) is 0. The molecule has 0 spiro atoms. The first kappa shape index (κ1) is 34.4. The summed E-state index contributed by atoms with van der Waals surface area (Å²) >= 11 is 0. The number of unbranched alkanes of at least 4 members (excludes halogenated alkanes) is 3. The summed E-state index contributed by atoms with van der Waals surface area (Å²) in [5, 5.41) is 0. The Morgan fingerprint density at radius 2 is 0.861 bits per heavy atom. The van der Waals surface area contributed by atoms with Crippen LogP contribution in [0.5, 0.6) is 0 Å². The molecule has 6 nitrogen and oxygen atoms in total. The van der Waals surface area contributed by atoms with E-state index in [2.05, 4.69) is 41.5 Å². The Hall–Kier alpha value is -1.59. The molecular formula is C30H56O6. The molecule has 0 aromatic rings. The van der Waals surface area contributed by atoms with Crippen LogP contribution in [0.1, 0.15) is 131 Å². The molecule has 0 saturated carbocycles. The molecule has 1 unspecified atom stereocenters. The highest BCUT2D eigenvalue weighted by Gasteiger charge is 2.29. The van der Waals surface area contributed by atoms with Crippen LogP contribution < -0.4 is 0 Å². The van der Waals surface area contributed by atoms with Crippen LogP contribution in [-0.4, -0.2) is 37.7 Å². The van der Waals surface area contributed by atoms with Crippen LogP contribution in [0.4, 0.5) is 0 Å².